The molecule has 0 atom stereocenters. The summed E-state index contributed by atoms with van der Waals surface area (Å²) >= 11 is 0. The third-order valence-electron chi connectivity index (χ3n) is 2.96. The van der Waals surface area contributed by atoms with E-state index >= 15 is 0 Å². The first-order valence-corrected chi connectivity index (χ1v) is 5.81. The zero-order chi connectivity index (χ0) is 12.3. The molecular weight excluding hydrogens is 220 g/mol. The molecule has 0 radical (unpaired) electrons. The summed E-state index contributed by atoms with van der Waals surface area (Å²) in [6.45, 7) is 6.56. The van der Waals surface area contributed by atoms with Crippen LogP contribution in [-0.2, 0) is 11.3 Å². The molecule has 0 unspecified atom stereocenters. The second-order valence-electron chi connectivity index (χ2n) is 4.20. The Balaban J connectivity index is 2.03. The molecule has 1 saturated heterocycles. The fourth-order valence-electron chi connectivity index (χ4n) is 2.02. The Bertz CT molecular complexity index is 394. The van der Waals surface area contributed by atoms with Gasteiger partial charge in [-0.1, -0.05) is 0 Å². The van der Waals surface area contributed by atoms with Crippen LogP contribution in [0.15, 0.2) is 10.5 Å². The van der Waals surface area contributed by atoms with Crippen molar-refractivity contribution in [1.82, 2.24) is 10.2 Å². The molecule has 1 aliphatic rings. The largest absolute Gasteiger partial charge is 0.465 e. The van der Waals surface area contributed by atoms with Crippen molar-refractivity contribution in [3.05, 3.63) is 23.2 Å². The molecule has 1 aromatic rings. The Morgan fingerprint density at radius 3 is 2.88 bits per heavy atom. The maximum absolute atomic E-state index is 11.4. The van der Waals surface area contributed by atoms with Crippen LogP contribution in [0.4, 0.5) is 0 Å². The third-order valence-corrected chi connectivity index (χ3v) is 2.96. The van der Waals surface area contributed by atoms with Crippen molar-refractivity contribution in [3.8, 4) is 0 Å². The van der Waals surface area contributed by atoms with Crippen LogP contribution in [0.1, 0.15) is 21.9 Å². The Morgan fingerprint density at radius 1 is 1.53 bits per heavy atom. The lowest BCUT2D eigenvalue weighted by atomic mass is 10.2. The van der Waals surface area contributed by atoms with Gasteiger partial charge in [0.1, 0.15) is 17.1 Å². The summed E-state index contributed by atoms with van der Waals surface area (Å²) in [5.74, 6) is 1.12. The molecule has 0 saturated carbocycles. The van der Waals surface area contributed by atoms with E-state index in [0.29, 0.717) is 11.3 Å². The standard InChI is InChI=1S/C12H18N2O3/c1-9-11(12(15)16-2)7-10(17-9)8-14-5-3-13-4-6-14/h7,13H,3-6,8H2,1-2H3. The first kappa shape index (κ1) is 12.1. The number of methoxy groups -OCH3 is 1. The molecule has 5 heteroatoms. The Labute approximate surface area is 101 Å². The van der Waals surface area contributed by atoms with E-state index in [9.17, 15) is 4.79 Å². The van der Waals surface area contributed by atoms with Gasteiger partial charge >= 0.3 is 5.97 Å². The molecule has 0 aromatic carbocycles. The van der Waals surface area contributed by atoms with Crippen molar-refractivity contribution >= 4 is 5.97 Å². The van der Waals surface area contributed by atoms with E-state index in [-0.39, 0.29) is 5.97 Å². The molecular formula is C12H18N2O3. The first-order valence-electron chi connectivity index (χ1n) is 5.81. The highest BCUT2D eigenvalue weighted by atomic mass is 16.5. The molecule has 1 aliphatic heterocycles. The zero-order valence-corrected chi connectivity index (χ0v) is 10.3. The zero-order valence-electron chi connectivity index (χ0n) is 10.3. The van der Waals surface area contributed by atoms with Crippen LogP contribution in [0.2, 0.25) is 0 Å². The number of piperazine rings is 1. The second kappa shape index (κ2) is 5.33. The topological polar surface area (TPSA) is 54.7 Å². The minimum absolute atomic E-state index is 0.335. The molecule has 1 fully saturated rings. The fraction of sp³-hybridized carbons (Fsp3) is 0.583. The van der Waals surface area contributed by atoms with E-state index < -0.39 is 0 Å². The molecule has 0 amide bonds. The van der Waals surface area contributed by atoms with Crippen LogP contribution in [-0.4, -0.2) is 44.2 Å². The molecule has 2 rings (SSSR count). The number of ether oxygens (including phenoxy) is 1. The summed E-state index contributed by atoms with van der Waals surface area (Å²) < 4.78 is 10.3. The van der Waals surface area contributed by atoms with E-state index in [1.165, 1.54) is 7.11 Å². The van der Waals surface area contributed by atoms with Crippen molar-refractivity contribution in [1.29, 1.82) is 0 Å². The molecule has 17 heavy (non-hydrogen) atoms. The van der Waals surface area contributed by atoms with E-state index in [2.05, 4.69) is 10.2 Å². The normalized spacial score (nSPS) is 17.1. The van der Waals surface area contributed by atoms with Crippen molar-refractivity contribution in [2.45, 2.75) is 13.5 Å². The lowest BCUT2D eigenvalue weighted by molar-refractivity contribution is 0.0599. The van der Waals surface area contributed by atoms with Gasteiger partial charge in [0, 0.05) is 26.2 Å². The van der Waals surface area contributed by atoms with E-state index in [1.807, 2.05) is 0 Å². The van der Waals surface area contributed by atoms with Crippen LogP contribution in [0.3, 0.4) is 0 Å². The van der Waals surface area contributed by atoms with Gasteiger partial charge in [0.05, 0.1) is 13.7 Å². The SMILES string of the molecule is COC(=O)c1cc(CN2CCNCC2)oc1C. The lowest BCUT2D eigenvalue weighted by Gasteiger charge is -2.26. The maximum atomic E-state index is 11.4. The molecule has 1 aromatic heterocycles. The maximum Gasteiger partial charge on any atom is 0.341 e. The Hall–Kier alpha value is -1.33. The van der Waals surface area contributed by atoms with Crippen molar-refractivity contribution in [3.63, 3.8) is 0 Å². The lowest BCUT2D eigenvalue weighted by Crippen LogP contribution is -2.42. The molecule has 1 N–H and O–H groups in total. The number of nitrogens with one attached hydrogen (secondary N) is 1. The number of rotatable bonds is 3. The Morgan fingerprint density at radius 2 is 2.24 bits per heavy atom. The van der Waals surface area contributed by atoms with Crippen LogP contribution in [0.5, 0.6) is 0 Å². The van der Waals surface area contributed by atoms with Crippen LogP contribution < -0.4 is 5.32 Å². The van der Waals surface area contributed by atoms with Gasteiger partial charge < -0.3 is 14.5 Å². The van der Waals surface area contributed by atoms with Crippen molar-refractivity contribution < 1.29 is 13.9 Å². The predicted molar refractivity (Wildman–Crippen MR) is 62.9 cm³/mol. The van der Waals surface area contributed by atoms with E-state index in [4.69, 9.17) is 9.15 Å². The minimum Gasteiger partial charge on any atom is -0.465 e. The minimum atomic E-state index is -0.335. The van der Waals surface area contributed by atoms with Gasteiger partial charge in [-0.15, -0.1) is 0 Å². The monoisotopic (exact) mass is 238 g/mol. The summed E-state index contributed by atoms with van der Waals surface area (Å²) in [5.41, 5.74) is 0.526. The molecule has 0 spiro atoms. The summed E-state index contributed by atoms with van der Waals surface area (Å²) in [4.78, 5) is 13.7. The highest BCUT2D eigenvalue weighted by Gasteiger charge is 2.17. The number of hydrogen-bond acceptors (Lipinski definition) is 5. The average molecular weight is 238 g/mol. The average Bonchev–Trinajstić information content (AvgIpc) is 2.70. The number of carbonyl (C=O) groups excluding carboxylic acids is 1. The summed E-state index contributed by atoms with van der Waals surface area (Å²) in [7, 11) is 1.38. The van der Waals surface area contributed by atoms with Gasteiger partial charge in [0.25, 0.3) is 0 Å². The number of hydrogen-bond donors (Lipinski definition) is 1. The van der Waals surface area contributed by atoms with Crippen LogP contribution >= 0.6 is 0 Å². The number of aryl methyl sites for hydroxylation is 1. The quantitative estimate of drug-likeness (QED) is 0.789. The molecule has 0 aliphatic carbocycles. The van der Waals surface area contributed by atoms with Crippen molar-refractivity contribution in [2.75, 3.05) is 33.3 Å². The summed E-state index contributed by atoms with van der Waals surface area (Å²) in [6, 6.07) is 1.78. The second-order valence-corrected chi connectivity index (χ2v) is 4.20. The van der Waals surface area contributed by atoms with Gasteiger partial charge in [-0.2, -0.15) is 0 Å². The number of furan rings is 1. The predicted octanol–water partition coefficient (Wildman–Crippen LogP) is 0.780. The smallest absolute Gasteiger partial charge is 0.341 e. The van der Waals surface area contributed by atoms with Crippen molar-refractivity contribution in [2.24, 2.45) is 0 Å². The van der Waals surface area contributed by atoms with Gasteiger partial charge in [0.2, 0.25) is 0 Å². The Kier molecular flexibility index (Phi) is 3.81. The number of nitrogens with zero attached hydrogens (tertiary/aromatic N) is 1. The third kappa shape index (κ3) is 2.87. The molecule has 0 bridgehead atoms. The fourth-order valence-corrected chi connectivity index (χ4v) is 2.02. The number of esters is 1. The van der Waals surface area contributed by atoms with Gasteiger partial charge in [-0.25, -0.2) is 4.79 Å². The number of carbonyl (C=O) groups is 1. The summed E-state index contributed by atoms with van der Waals surface area (Å²) in [6.07, 6.45) is 0. The van der Waals surface area contributed by atoms with Crippen LogP contribution in [0, 0.1) is 6.92 Å². The highest BCUT2D eigenvalue weighted by molar-refractivity contribution is 5.90. The summed E-state index contributed by atoms with van der Waals surface area (Å²) in [5, 5.41) is 3.30. The van der Waals surface area contributed by atoms with Crippen LogP contribution in [0.25, 0.3) is 0 Å². The van der Waals surface area contributed by atoms with Gasteiger partial charge in [-0.3, -0.25) is 4.90 Å². The van der Waals surface area contributed by atoms with Gasteiger partial charge in [-0.05, 0) is 13.0 Å². The van der Waals surface area contributed by atoms with E-state index in [1.54, 1.807) is 13.0 Å². The van der Waals surface area contributed by atoms with E-state index in [0.717, 1.165) is 38.5 Å². The van der Waals surface area contributed by atoms with Gasteiger partial charge in [0.15, 0.2) is 0 Å². The molecule has 5 nitrogen and oxygen atoms in total. The molecule has 94 valence electrons. The molecule has 2 heterocycles. The highest BCUT2D eigenvalue weighted by Crippen LogP contribution is 2.17. The first-order chi connectivity index (χ1) is 8.20.